The molecule has 4 aromatic carbocycles. The predicted molar refractivity (Wildman–Crippen MR) is 183 cm³/mol. The zero-order valence-electron chi connectivity index (χ0n) is 23.0. The smallest absolute Gasteiger partial charge is 0.176 e. The minimum atomic E-state index is -0.533. The van der Waals surface area contributed by atoms with Crippen molar-refractivity contribution in [2.75, 3.05) is 27.2 Å². The topological polar surface area (TPSA) is 43.8 Å². The Hall–Kier alpha value is -1.45. The zero-order valence-corrected chi connectivity index (χ0v) is 29.2. The Kier molecular flexibility index (Phi) is 14.3. The molecule has 4 aromatic rings. The predicted octanol–water partition coefficient (Wildman–Crippen LogP) is 9.99. The van der Waals surface area contributed by atoms with E-state index in [2.05, 4.69) is 31.9 Å². The largest absolute Gasteiger partial charge is 0.387 e. The van der Waals surface area contributed by atoms with E-state index in [0.717, 1.165) is 25.6 Å². The number of halogens is 6. The standard InChI is InChI=1S/C16H16BrCl2NO.C16H14BrCl2NO/c2*1-20(9-12-4-7-14(18)8-15(12)19)10-16(21)11-2-5-13(17)6-3-11/h2-8,16,21H,9-10H2,1H3;2-8H,9-10H2,1H3. The Bertz CT molecular complexity index is 1470. The number of aliphatic hydroxyl groups is 1. The maximum absolute atomic E-state index is 12.2. The Morgan fingerprint density at radius 3 is 1.64 bits per heavy atom. The molecule has 1 unspecified atom stereocenters. The summed E-state index contributed by atoms with van der Waals surface area (Å²) in [4.78, 5) is 16.1. The SMILES string of the molecule is CN(CC(=O)c1ccc(Br)cc1)Cc1ccc(Cl)cc1Cl.CN(Cc1ccc(Cl)cc1Cl)CC(O)c1ccc(Br)cc1. The lowest BCUT2D eigenvalue weighted by Gasteiger charge is -2.21. The van der Waals surface area contributed by atoms with Crippen LogP contribution in [0, 0.1) is 0 Å². The lowest BCUT2D eigenvalue weighted by atomic mass is 10.1. The van der Waals surface area contributed by atoms with Crippen LogP contribution in [0.4, 0.5) is 0 Å². The molecule has 0 aliphatic carbocycles. The number of Topliss-reactive ketones (excluding diaryl/α,β-unsaturated/α-hetero) is 1. The van der Waals surface area contributed by atoms with Gasteiger partial charge >= 0.3 is 0 Å². The summed E-state index contributed by atoms with van der Waals surface area (Å²) < 4.78 is 1.96. The number of rotatable bonds is 10. The molecule has 1 N–H and O–H groups in total. The third-order valence-electron chi connectivity index (χ3n) is 6.23. The fourth-order valence-corrected chi connectivity index (χ4v) is 5.52. The molecule has 1 atom stereocenters. The van der Waals surface area contributed by atoms with Gasteiger partial charge in [-0.1, -0.05) is 115 Å². The van der Waals surface area contributed by atoms with Gasteiger partial charge in [-0.3, -0.25) is 14.6 Å². The van der Waals surface area contributed by atoms with Crippen molar-refractivity contribution in [3.05, 3.63) is 136 Å². The lowest BCUT2D eigenvalue weighted by Crippen LogP contribution is -2.25. The minimum Gasteiger partial charge on any atom is -0.387 e. The number of hydrogen-bond acceptors (Lipinski definition) is 4. The molecule has 0 aliphatic heterocycles. The quantitative estimate of drug-likeness (QED) is 0.163. The molecule has 0 amide bonds. The van der Waals surface area contributed by atoms with E-state index >= 15 is 0 Å². The van der Waals surface area contributed by atoms with Gasteiger partial charge in [0, 0.05) is 54.2 Å². The second kappa shape index (κ2) is 17.1. The number of likely N-dealkylation sites (N-methyl/N-ethyl adjacent to an activating group) is 2. The molecular formula is C32H30Br2Cl4N2O2. The van der Waals surface area contributed by atoms with Crippen molar-refractivity contribution in [2.24, 2.45) is 0 Å². The normalized spacial score (nSPS) is 11.8. The average molecular weight is 776 g/mol. The molecule has 4 rings (SSSR count). The van der Waals surface area contributed by atoms with E-state index in [4.69, 9.17) is 46.4 Å². The monoisotopic (exact) mass is 772 g/mol. The van der Waals surface area contributed by atoms with Crippen LogP contribution < -0.4 is 0 Å². The van der Waals surface area contributed by atoms with Gasteiger partial charge in [0.15, 0.2) is 5.78 Å². The zero-order chi connectivity index (χ0) is 30.8. The second-order valence-corrected chi connectivity index (χ2v) is 13.4. The average Bonchev–Trinajstić information content (AvgIpc) is 2.93. The van der Waals surface area contributed by atoms with E-state index in [1.807, 2.05) is 90.6 Å². The summed E-state index contributed by atoms with van der Waals surface area (Å²) in [6.07, 6.45) is -0.533. The van der Waals surface area contributed by atoms with Gasteiger partial charge in [0.2, 0.25) is 0 Å². The van der Waals surface area contributed by atoms with Crippen LogP contribution in [-0.2, 0) is 13.1 Å². The Morgan fingerprint density at radius 1 is 0.714 bits per heavy atom. The van der Waals surface area contributed by atoms with E-state index in [0.29, 0.717) is 51.8 Å². The summed E-state index contributed by atoms with van der Waals surface area (Å²) in [6, 6.07) is 25.9. The van der Waals surface area contributed by atoms with Crippen molar-refractivity contribution < 1.29 is 9.90 Å². The summed E-state index contributed by atoms with van der Waals surface area (Å²) in [5.74, 6) is 0.0788. The third kappa shape index (κ3) is 11.6. The Balaban J connectivity index is 0.000000230. The first-order valence-corrected chi connectivity index (χ1v) is 16.0. The molecule has 42 heavy (non-hydrogen) atoms. The van der Waals surface area contributed by atoms with Crippen LogP contribution in [0.3, 0.4) is 0 Å². The number of carbonyl (C=O) groups is 1. The van der Waals surface area contributed by atoms with Crippen LogP contribution in [0.1, 0.15) is 33.2 Å². The highest BCUT2D eigenvalue weighted by Gasteiger charge is 2.13. The fraction of sp³-hybridized carbons (Fsp3) is 0.219. The molecule has 0 heterocycles. The highest BCUT2D eigenvalue weighted by atomic mass is 79.9. The van der Waals surface area contributed by atoms with Crippen LogP contribution >= 0.6 is 78.3 Å². The molecule has 0 aromatic heterocycles. The number of benzene rings is 4. The second-order valence-electron chi connectivity index (χ2n) is 9.84. The van der Waals surface area contributed by atoms with E-state index < -0.39 is 6.10 Å². The summed E-state index contributed by atoms with van der Waals surface area (Å²) in [6.45, 7) is 2.11. The summed E-state index contributed by atoms with van der Waals surface area (Å²) in [5, 5.41) is 12.8. The maximum atomic E-state index is 12.2. The minimum absolute atomic E-state index is 0.0788. The van der Waals surface area contributed by atoms with Crippen LogP contribution in [0.2, 0.25) is 20.1 Å². The van der Waals surface area contributed by atoms with Crippen LogP contribution in [0.25, 0.3) is 0 Å². The van der Waals surface area contributed by atoms with Crippen molar-refractivity contribution in [1.29, 1.82) is 0 Å². The van der Waals surface area contributed by atoms with Crippen molar-refractivity contribution in [1.82, 2.24) is 9.80 Å². The molecule has 10 heteroatoms. The lowest BCUT2D eigenvalue weighted by molar-refractivity contribution is 0.0943. The van der Waals surface area contributed by atoms with Gasteiger partial charge in [0.1, 0.15) is 0 Å². The third-order valence-corrected chi connectivity index (χ3v) is 8.46. The van der Waals surface area contributed by atoms with Gasteiger partial charge < -0.3 is 5.11 Å². The molecule has 0 saturated carbocycles. The summed E-state index contributed by atoms with van der Waals surface area (Å²) in [7, 11) is 3.84. The Labute approximate surface area is 284 Å². The van der Waals surface area contributed by atoms with Crippen molar-refractivity contribution >= 4 is 84.0 Å². The van der Waals surface area contributed by atoms with Crippen LogP contribution in [-0.4, -0.2) is 47.9 Å². The van der Waals surface area contributed by atoms with E-state index in [1.54, 1.807) is 18.2 Å². The van der Waals surface area contributed by atoms with Crippen molar-refractivity contribution in [3.8, 4) is 0 Å². The number of hydrogen-bond donors (Lipinski definition) is 1. The summed E-state index contributed by atoms with van der Waals surface area (Å²) >= 11 is 30.8. The molecule has 0 radical (unpaired) electrons. The fourth-order valence-electron chi connectivity index (χ4n) is 4.06. The number of ketones is 1. The van der Waals surface area contributed by atoms with Crippen LogP contribution in [0.15, 0.2) is 93.9 Å². The van der Waals surface area contributed by atoms with Crippen molar-refractivity contribution in [2.45, 2.75) is 19.2 Å². The first-order chi connectivity index (χ1) is 19.9. The number of nitrogens with zero attached hydrogens (tertiary/aromatic N) is 2. The van der Waals surface area contributed by atoms with Gasteiger partial charge in [0.05, 0.1) is 12.6 Å². The first-order valence-electron chi connectivity index (χ1n) is 12.9. The molecule has 0 saturated heterocycles. The van der Waals surface area contributed by atoms with Gasteiger partial charge in [-0.15, -0.1) is 0 Å². The Morgan fingerprint density at radius 2 is 1.17 bits per heavy atom. The molecule has 0 bridgehead atoms. The first kappa shape index (κ1) is 35.0. The van der Waals surface area contributed by atoms with E-state index in [-0.39, 0.29) is 5.78 Å². The highest BCUT2D eigenvalue weighted by Crippen LogP contribution is 2.24. The number of carbonyl (C=O) groups excluding carboxylic acids is 1. The number of aliphatic hydroxyl groups excluding tert-OH is 1. The highest BCUT2D eigenvalue weighted by molar-refractivity contribution is 9.10. The van der Waals surface area contributed by atoms with E-state index in [9.17, 15) is 9.90 Å². The molecular weight excluding hydrogens is 746 g/mol. The maximum Gasteiger partial charge on any atom is 0.176 e. The van der Waals surface area contributed by atoms with Gasteiger partial charge in [-0.05, 0) is 79.3 Å². The molecule has 0 spiro atoms. The van der Waals surface area contributed by atoms with Crippen LogP contribution in [0.5, 0.6) is 0 Å². The molecule has 0 aliphatic rings. The molecule has 0 fully saturated rings. The molecule has 222 valence electrons. The van der Waals surface area contributed by atoms with E-state index in [1.165, 1.54) is 0 Å². The van der Waals surface area contributed by atoms with Gasteiger partial charge in [0.25, 0.3) is 0 Å². The van der Waals surface area contributed by atoms with Gasteiger partial charge in [-0.25, -0.2) is 0 Å². The van der Waals surface area contributed by atoms with Gasteiger partial charge in [-0.2, -0.15) is 0 Å². The summed E-state index contributed by atoms with van der Waals surface area (Å²) in [5.41, 5.74) is 3.54. The molecule has 4 nitrogen and oxygen atoms in total. The van der Waals surface area contributed by atoms with Crippen molar-refractivity contribution in [3.63, 3.8) is 0 Å².